The molecule has 2 aromatic carbocycles. The lowest BCUT2D eigenvalue weighted by Crippen LogP contribution is -2.27. The molecule has 3 rings (SSSR count). The second-order valence-corrected chi connectivity index (χ2v) is 8.12. The van der Waals surface area contributed by atoms with Crippen LogP contribution in [0, 0.1) is 0 Å². The van der Waals surface area contributed by atoms with Gasteiger partial charge in [-0.05, 0) is 63.8 Å². The molecule has 1 aliphatic heterocycles. The SMILES string of the molecule is CCc1ccc(N2C(=O)/C(=C/c3cc(Br)c(O)c(OC)c3)SC2=S)cc1. The van der Waals surface area contributed by atoms with Gasteiger partial charge in [0.2, 0.25) is 0 Å². The van der Waals surface area contributed by atoms with Gasteiger partial charge in [0.15, 0.2) is 15.8 Å². The van der Waals surface area contributed by atoms with E-state index in [-0.39, 0.29) is 11.7 Å². The van der Waals surface area contributed by atoms with E-state index in [2.05, 4.69) is 22.9 Å². The first-order chi connectivity index (χ1) is 12.4. The molecular weight excluding hydrogens is 434 g/mol. The molecule has 0 saturated carbocycles. The first-order valence-electron chi connectivity index (χ1n) is 7.88. The van der Waals surface area contributed by atoms with Crippen molar-refractivity contribution in [3.8, 4) is 11.5 Å². The molecule has 1 saturated heterocycles. The highest BCUT2D eigenvalue weighted by Crippen LogP contribution is 2.39. The number of ether oxygens (including phenoxy) is 1. The number of phenols is 1. The van der Waals surface area contributed by atoms with Crippen molar-refractivity contribution in [2.45, 2.75) is 13.3 Å². The molecule has 1 amide bonds. The summed E-state index contributed by atoms with van der Waals surface area (Å²) in [5.41, 5.74) is 2.70. The Morgan fingerprint density at radius 1 is 1.31 bits per heavy atom. The van der Waals surface area contributed by atoms with E-state index in [1.165, 1.54) is 29.3 Å². The number of aryl methyl sites for hydroxylation is 1. The average molecular weight is 450 g/mol. The minimum Gasteiger partial charge on any atom is -0.503 e. The van der Waals surface area contributed by atoms with Crippen LogP contribution in [-0.4, -0.2) is 22.4 Å². The number of amides is 1. The summed E-state index contributed by atoms with van der Waals surface area (Å²) in [4.78, 5) is 14.9. The van der Waals surface area contributed by atoms with Crippen molar-refractivity contribution in [1.29, 1.82) is 0 Å². The summed E-state index contributed by atoms with van der Waals surface area (Å²) in [5, 5.41) is 9.92. The zero-order chi connectivity index (χ0) is 18.8. The molecule has 0 radical (unpaired) electrons. The Hall–Kier alpha value is -1.83. The molecule has 0 unspecified atom stereocenters. The largest absolute Gasteiger partial charge is 0.503 e. The molecule has 0 atom stereocenters. The van der Waals surface area contributed by atoms with Crippen LogP contribution < -0.4 is 9.64 Å². The van der Waals surface area contributed by atoms with Gasteiger partial charge >= 0.3 is 0 Å². The number of phenolic OH excluding ortho intramolecular Hbond substituents is 1. The first kappa shape index (κ1) is 18.9. The van der Waals surface area contributed by atoms with Gasteiger partial charge in [0, 0.05) is 0 Å². The smallest absolute Gasteiger partial charge is 0.270 e. The van der Waals surface area contributed by atoms with E-state index in [1.807, 2.05) is 24.3 Å². The Bertz CT molecular complexity index is 910. The molecule has 1 N–H and O–H groups in total. The second-order valence-electron chi connectivity index (χ2n) is 5.59. The number of anilines is 1. The molecule has 0 aliphatic carbocycles. The second kappa shape index (κ2) is 7.82. The number of hydrogen-bond acceptors (Lipinski definition) is 5. The predicted molar refractivity (Wildman–Crippen MR) is 114 cm³/mol. The van der Waals surface area contributed by atoms with E-state index in [0.29, 0.717) is 19.4 Å². The third-order valence-electron chi connectivity index (χ3n) is 3.96. The standard InChI is InChI=1S/C19H16BrNO3S2/c1-3-11-4-6-13(7-5-11)21-18(23)16(26-19(21)25)10-12-8-14(20)17(22)15(9-12)24-2/h4-10,22H,3H2,1-2H3/b16-10-. The molecule has 0 spiro atoms. The highest BCUT2D eigenvalue weighted by molar-refractivity contribution is 9.10. The van der Waals surface area contributed by atoms with Crippen LogP contribution in [0.5, 0.6) is 11.5 Å². The fourth-order valence-electron chi connectivity index (χ4n) is 2.56. The number of halogens is 1. The Morgan fingerprint density at radius 2 is 2.00 bits per heavy atom. The topological polar surface area (TPSA) is 49.8 Å². The number of carbonyl (C=O) groups is 1. The number of thiocarbonyl (C=S) groups is 1. The first-order valence-corrected chi connectivity index (χ1v) is 9.89. The summed E-state index contributed by atoms with van der Waals surface area (Å²) in [5.74, 6) is 0.192. The van der Waals surface area contributed by atoms with Crippen molar-refractivity contribution in [2.75, 3.05) is 12.0 Å². The number of benzene rings is 2. The van der Waals surface area contributed by atoms with Gasteiger partial charge in [0.05, 0.1) is 22.2 Å². The summed E-state index contributed by atoms with van der Waals surface area (Å²) in [6, 6.07) is 11.2. The lowest BCUT2D eigenvalue weighted by molar-refractivity contribution is -0.113. The van der Waals surface area contributed by atoms with Crippen molar-refractivity contribution in [3.63, 3.8) is 0 Å². The molecule has 26 heavy (non-hydrogen) atoms. The molecule has 0 aromatic heterocycles. The minimum absolute atomic E-state index is 0.0215. The summed E-state index contributed by atoms with van der Waals surface area (Å²) in [6.07, 6.45) is 2.68. The van der Waals surface area contributed by atoms with Gasteiger partial charge in [-0.25, -0.2) is 0 Å². The maximum atomic E-state index is 12.8. The number of nitrogens with zero attached hydrogens (tertiary/aromatic N) is 1. The van der Waals surface area contributed by atoms with Crippen LogP contribution in [0.15, 0.2) is 45.8 Å². The monoisotopic (exact) mass is 449 g/mol. The molecule has 4 nitrogen and oxygen atoms in total. The third-order valence-corrected chi connectivity index (χ3v) is 5.87. The van der Waals surface area contributed by atoms with Crippen molar-refractivity contribution in [1.82, 2.24) is 0 Å². The van der Waals surface area contributed by atoms with Gasteiger partial charge in [-0.1, -0.05) is 43.0 Å². The normalized spacial score (nSPS) is 15.8. The van der Waals surface area contributed by atoms with Crippen LogP contribution >= 0.6 is 39.9 Å². The lowest BCUT2D eigenvalue weighted by atomic mass is 10.1. The maximum Gasteiger partial charge on any atom is 0.270 e. The zero-order valence-corrected chi connectivity index (χ0v) is 17.4. The van der Waals surface area contributed by atoms with Gasteiger partial charge in [0.25, 0.3) is 5.91 Å². The van der Waals surface area contributed by atoms with Crippen LogP contribution in [0.1, 0.15) is 18.1 Å². The number of methoxy groups -OCH3 is 1. The van der Waals surface area contributed by atoms with Gasteiger partial charge in [0.1, 0.15) is 0 Å². The van der Waals surface area contributed by atoms with Gasteiger partial charge in [-0.3, -0.25) is 9.69 Å². The van der Waals surface area contributed by atoms with E-state index in [9.17, 15) is 9.90 Å². The van der Waals surface area contributed by atoms with Crippen LogP contribution in [0.25, 0.3) is 6.08 Å². The predicted octanol–water partition coefficient (Wildman–Crippen LogP) is 5.13. The number of carbonyl (C=O) groups excluding carboxylic acids is 1. The summed E-state index contributed by atoms with van der Waals surface area (Å²) in [6.45, 7) is 2.08. The van der Waals surface area contributed by atoms with Crippen molar-refractivity contribution < 1.29 is 14.6 Å². The number of aromatic hydroxyl groups is 1. The van der Waals surface area contributed by atoms with Crippen molar-refractivity contribution >= 4 is 61.9 Å². The van der Waals surface area contributed by atoms with Gasteiger partial charge in [-0.15, -0.1) is 0 Å². The van der Waals surface area contributed by atoms with Gasteiger partial charge in [-0.2, -0.15) is 0 Å². The fraction of sp³-hybridized carbons (Fsp3) is 0.158. The molecule has 0 bridgehead atoms. The molecule has 2 aromatic rings. The summed E-state index contributed by atoms with van der Waals surface area (Å²) < 4.78 is 6.14. The van der Waals surface area contributed by atoms with Crippen LogP contribution in [-0.2, 0) is 11.2 Å². The number of rotatable bonds is 4. The highest BCUT2D eigenvalue weighted by Gasteiger charge is 2.33. The molecule has 134 valence electrons. The van der Waals surface area contributed by atoms with E-state index in [1.54, 1.807) is 18.2 Å². The highest BCUT2D eigenvalue weighted by atomic mass is 79.9. The molecular formula is C19H16BrNO3S2. The number of hydrogen-bond donors (Lipinski definition) is 1. The van der Waals surface area contributed by atoms with Crippen LogP contribution in [0.4, 0.5) is 5.69 Å². The Kier molecular flexibility index (Phi) is 5.70. The molecule has 1 aliphatic rings. The number of thioether (sulfide) groups is 1. The minimum atomic E-state index is -0.160. The van der Waals surface area contributed by atoms with Gasteiger partial charge < -0.3 is 9.84 Å². The lowest BCUT2D eigenvalue weighted by Gasteiger charge is -2.14. The van der Waals surface area contributed by atoms with Crippen LogP contribution in [0.3, 0.4) is 0 Å². The van der Waals surface area contributed by atoms with E-state index in [0.717, 1.165) is 17.7 Å². The van der Waals surface area contributed by atoms with E-state index in [4.69, 9.17) is 17.0 Å². The summed E-state index contributed by atoms with van der Waals surface area (Å²) >= 11 is 9.95. The maximum absolute atomic E-state index is 12.8. The molecule has 1 heterocycles. The van der Waals surface area contributed by atoms with E-state index < -0.39 is 0 Å². The Labute approximate surface area is 170 Å². The summed E-state index contributed by atoms with van der Waals surface area (Å²) in [7, 11) is 1.48. The molecule has 7 heteroatoms. The quantitative estimate of drug-likeness (QED) is 0.517. The van der Waals surface area contributed by atoms with Crippen molar-refractivity contribution in [2.24, 2.45) is 0 Å². The van der Waals surface area contributed by atoms with Crippen LogP contribution in [0.2, 0.25) is 0 Å². The third kappa shape index (κ3) is 3.65. The zero-order valence-electron chi connectivity index (χ0n) is 14.2. The van der Waals surface area contributed by atoms with Crippen molar-refractivity contribution in [3.05, 3.63) is 56.9 Å². The molecule has 1 fully saturated rings. The Morgan fingerprint density at radius 3 is 2.62 bits per heavy atom. The Balaban J connectivity index is 1.93. The average Bonchev–Trinajstić information content (AvgIpc) is 2.91. The van der Waals surface area contributed by atoms with E-state index >= 15 is 0 Å². The fourth-order valence-corrected chi connectivity index (χ4v) is 4.31.